The van der Waals surface area contributed by atoms with Crippen molar-refractivity contribution in [3.63, 3.8) is 0 Å². The van der Waals surface area contributed by atoms with Crippen molar-refractivity contribution in [1.82, 2.24) is 15.1 Å². The van der Waals surface area contributed by atoms with Crippen molar-refractivity contribution in [3.05, 3.63) is 75.5 Å². The molecule has 2 aromatic carbocycles. The Hall–Kier alpha value is -3.68. The average Bonchev–Trinajstić information content (AvgIpc) is 3.35. The first-order valence-corrected chi connectivity index (χ1v) is 10.1. The number of hydrogen-bond donors (Lipinski definition) is 1. The summed E-state index contributed by atoms with van der Waals surface area (Å²) in [4.78, 5) is 50.8. The molecule has 0 bridgehead atoms. The lowest BCUT2D eigenvalue weighted by Crippen LogP contribution is -2.38. The van der Waals surface area contributed by atoms with Gasteiger partial charge in [0.05, 0.1) is 28.5 Å². The van der Waals surface area contributed by atoms with Gasteiger partial charge in [-0.3, -0.25) is 19.2 Å². The standard InChI is InChI=1S/C23H18FN3O4/c24-18-9-8-12(11-19-13-4-1-2-5-14(13)20(28)26-25-19)10-17(18)23(31)27-21(29)15-6-3-7-16(15)22(27)30/h1-2,4-5,8-10,15-16H,3,6-7,11H2,(H,26,28). The number of nitrogens with zero attached hydrogens (tertiary/aromatic N) is 2. The minimum atomic E-state index is -0.928. The Morgan fingerprint density at radius 1 is 1.03 bits per heavy atom. The van der Waals surface area contributed by atoms with E-state index >= 15 is 0 Å². The third kappa shape index (κ3) is 3.06. The molecule has 1 aliphatic heterocycles. The van der Waals surface area contributed by atoms with Gasteiger partial charge in [-0.25, -0.2) is 14.4 Å². The molecule has 2 fully saturated rings. The van der Waals surface area contributed by atoms with Crippen LogP contribution < -0.4 is 5.56 Å². The van der Waals surface area contributed by atoms with E-state index in [9.17, 15) is 23.6 Å². The smallest absolute Gasteiger partial charge is 0.272 e. The monoisotopic (exact) mass is 419 g/mol. The van der Waals surface area contributed by atoms with Crippen molar-refractivity contribution in [2.24, 2.45) is 11.8 Å². The number of aromatic amines is 1. The third-order valence-corrected chi connectivity index (χ3v) is 6.20. The Labute approximate surface area is 175 Å². The number of carbonyl (C=O) groups excluding carboxylic acids is 3. The molecule has 1 saturated carbocycles. The summed E-state index contributed by atoms with van der Waals surface area (Å²) in [6.07, 6.45) is 2.16. The van der Waals surface area contributed by atoms with Gasteiger partial charge in [0.25, 0.3) is 11.5 Å². The minimum Gasteiger partial charge on any atom is -0.274 e. The van der Waals surface area contributed by atoms with Crippen LogP contribution >= 0.6 is 0 Å². The van der Waals surface area contributed by atoms with Crippen molar-refractivity contribution < 1.29 is 18.8 Å². The highest BCUT2D eigenvalue weighted by Gasteiger charge is 2.52. The van der Waals surface area contributed by atoms with Crippen LogP contribution in [0, 0.1) is 17.7 Å². The van der Waals surface area contributed by atoms with Gasteiger partial charge >= 0.3 is 0 Å². The van der Waals surface area contributed by atoms with Gasteiger partial charge in [-0.05, 0) is 36.6 Å². The molecular weight excluding hydrogens is 401 g/mol. The zero-order valence-electron chi connectivity index (χ0n) is 16.4. The lowest BCUT2D eigenvalue weighted by atomic mass is 10.00. The molecule has 7 nitrogen and oxygen atoms in total. The number of benzene rings is 2. The van der Waals surface area contributed by atoms with E-state index in [-0.39, 0.29) is 17.5 Å². The normalized spacial score (nSPS) is 20.5. The zero-order valence-corrected chi connectivity index (χ0v) is 16.4. The van der Waals surface area contributed by atoms with Crippen LogP contribution in [0.4, 0.5) is 4.39 Å². The van der Waals surface area contributed by atoms with Crippen LogP contribution in [-0.2, 0) is 16.0 Å². The fraction of sp³-hybridized carbons (Fsp3) is 0.261. The summed E-state index contributed by atoms with van der Waals surface area (Å²) in [6.45, 7) is 0. The maximum absolute atomic E-state index is 14.5. The Kier molecular flexibility index (Phi) is 4.50. The first kappa shape index (κ1) is 19.3. The van der Waals surface area contributed by atoms with Gasteiger partial charge in [0.15, 0.2) is 0 Å². The number of aromatic nitrogens is 2. The van der Waals surface area contributed by atoms with Gasteiger partial charge in [0.1, 0.15) is 5.82 Å². The molecule has 1 aliphatic carbocycles. The van der Waals surface area contributed by atoms with Gasteiger partial charge in [0.2, 0.25) is 11.8 Å². The maximum Gasteiger partial charge on any atom is 0.272 e. The molecule has 5 rings (SSSR count). The highest BCUT2D eigenvalue weighted by Crippen LogP contribution is 2.40. The number of amides is 3. The largest absolute Gasteiger partial charge is 0.274 e. The molecule has 3 aromatic rings. The van der Waals surface area contributed by atoms with E-state index in [1.165, 1.54) is 12.1 Å². The van der Waals surface area contributed by atoms with Crippen LogP contribution in [0.15, 0.2) is 47.3 Å². The molecule has 2 atom stereocenters. The molecule has 2 heterocycles. The minimum absolute atomic E-state index is 0.227. The van der Waals surface area contributed by atoms with Crippen molar-refractivity contribution in [1.29, 1.82) is 0 Å². The van der Waals surface area contributed by atoms with Crippen LogP contribution in [0.5, 0.6) is 0 Å². The first-order chi connectivity index (χ1) is 15.0. The number of carbonyl (C=O) groups is 3. The Morgan fingerprint density at radius 2 is 1.71 bits per heavy atom. The molecule has 1 N–H and O–H groups in total. The van der Waals surface area contributed by atoms with Crippen molar-refractivity contribution in [3.8, 4) is 0 Å². The summed E-state index contributed by atoms with van der Waals surface area (Å²) in [5.74, 6) is -3.74. The number of halogens is 1. The second kappa shape index (κ2) is 7.23. The maximum atomic E-state index is 14.5. The summed E-state index contributed by atoms with van der Waals surface area (Å²) in [5, 5.41) is 7.68. The van der Waals surface area contributed by atoms with Crippen LogP contribution in [0.3, 0.4) is 0 Å². The van der Waals surface area contributed by atoms with Crippen molar-refractivity contribution in [2.75, 3.05) is 0 Å². The summed E-state index contributed by atoms with van der Waals surface area (Å²) in [6, 6.07) is 11.0. The molecule has 1 aromatic heterocycles. The number of rotatable bonds is 3. The second-order valence-corrected chi connectivity index (χ2v) is 8.00. The predicted molar refractivity (Wildman–Crippen MR) is 109 cm³/mol. The third-order valence-electron chi connectivity index (χ3n) is 6.20. The van der Waals surface area contributed by atoms with Crippen molar-refractivity contribution in [2.45, 2.75) is 25.7 Å². The molecule has 1 saturated heterocycles. The molecule has 8 heteroatoms. The van der Waals surface area contributed by atoms with E-state index < -0.39 is 35.4 Å². The predicted octanol–water partition coefficient (Wildman–Crippen LogP) is 2.58. The molecule has 2 unspecified atom stereocenters. The number of fused-ring (bicyclic) bond motifs is 2. The highest BCUT2D eigenvalue weighted by atomic mass is 19.1. The number of nitrogens with one attached hydrogen (secondary N) is 1. The van der Waals surface area contributed by atoms with Gasteiger partial charge in [0, 0.05) is 11.8 Å². The Morgan fingerprint density at radius 3 is 2.42 bits per heavy atom. The van der Waals surface area contributed by atoms with E-state index in [1.54, 1.807) is 24.3 Å². The second-order valence-electron chi connectivity index (χ2n) is 8.00. The number of H-pyrrole nitrogens is 1. The Balaban J connectivity index is 1.49. The zero-order chi connectivity index (χ0) is 21.7. The lowest BCUT2D eigenvalue weighted by Gasteiger charge is -2.15. The van der Waals surface area contributed by atoms with E-state index in [2.05, 4.69) is 10.2 Å². The van der Waals surface area contributed by atoms with Crippen LogP contribution in [0.25, 0.3) is 10.8 Å². The van der Waals surface area contributed by atoms with Crippen LogP contribution in [-0.4, -0.2) is 32.8 Å². The molecule has 0 radical (unpaired) electrons. The van der Waals surface area contributed by atoms with Gasteiger partial charge in [-0.15, -0.1) is 0 Å². The van der Waals surface area contributed by atoms with E-state index in [4.69, 9.17) is 0 Å². The summed E-state index contributed by atoms with van der Waals surface area (Å²) < 4.78 is 14.5. The molecule has 156 valence electrons. The van der Waals surface area contributed by atoms with Crippen LogP contribution in [0.2, 0.25) is 0 Å². The molecule has 2 aliphatic rings. The lowest BCUT2D eigenvalue weighted by molar-refractivity contribution is -0.136. The van der Waals surface area contributed by atoms with E-state index in [1.807, 2.05) is 0 Å². The van der Waals surface area contributed by atoms with Gasteiger partial charge in [-0.2, -0.15) is 5.10 Å². The van der Waals surface area contributed by atoms with Gasteiger partial charge < -0.3 is 0 Å². The first-order valence-electron chi connectivity index (χ1n) is 10.1. The SMILES string of the molecule is O=C(c1cc(Cc2n[nH]c(=O)c3ccccc23)ccc1F)N1C(=O)C2CCCC2C1=O. The topological polar surface area (TPSA) is 100 Å². The highest BCUT2D eigenvalue weighted by molar-refractivity contribution is 6.21. The van der Waals surface area contributed by atoms with E-state index in [0.717, 1.165) is 12.5 Å². The van der Waals surface area contributed by atoms with Gasteiger partial charge in [-0.1, -0.05) is 30.7 Å². The molecular formula is C23H18FN3O4. The van der Waals surface area contributed by atoms with Crippen LogP contribution in [0.1, 0.15) is 40.9 Å². The van der Waals surface area contributed by atoms with Crippen molar-refractivity contribution >= 4 is 28.5 Å². The number of hydrogen-bond acceptors (Lipinski definition) is 5. The fourth-order valence-corrected chi connectivity index (χ4v) is 4.66. The molecule has 0 spiro atoms. The quantitative estimate of drug-likeness (QED) is 0.658. The molecule has 31 heavy (non-hydrogen) atoms. The average molecular weight is 419 g/mol. The number of likely N-dealkylation sites (tertiary alicyclic amines) is 1. The van der Waals surface area contributed by atoms with E-state index in [0.29, 0.717) is 39.8 Å². The number of imide groups is 3. The fourth-order valence-electron chi connectivity index (χ4n) is 4.66. The summed E-state index contributed by atoms with van der Waals surface area (Å²) in [7, 11) is 0. The Bertz CT molecular complexity index is 1290. The summed E-state index contributed by atoms with van der Waals surface area (Å²) >= 11 is 0. The molecule has 3 amide bonds. The summed E-state index contributed by atoms with van der Waals surface area (Å²) in [5.41, 5.74) is 0.482.